The molecule has 3 rings (SSSR count). The molecule has 0 atom stereocenters. The van der Waals surface area contributed by atoms with E-state index in [1.807, 2.05) is 0 Å². The van der Waals surface area contributed by atoms with E-state index in [1.54, 1.807) is 0 Å². The highest BCUT2D eigenvalue weighted by Crippen LogP contribution is 2.35. The summed E-state index contributed by atoms with van der Waals surface area (Å²) in [6, 6.07) is 19.4. The van der Waals surface area contributed by atoms with E-state index >= 15 is 0 Å². The minimum atomic E-state index is 1.34. The summed E-state index contributed by atoms with van der Waals surface area (Å²) in [5.74, 6) is 0. The second-order valence-electron chi connectivity index (χ2n) is 3.96. The Labute approximate surface area is 89.5 Å². The van der Waals surface area contributed by atoms with Crippen LogP contribution in [0.1, 0.15) is 5.56 Å². The maximum absolute atomic E-state index is 2.28. The lowest BCUT2D eigenvalue weighted by Gasteiger charge is -1.96. The molecule has 0 aromatic heterocycles. The van der Waals surface area contributed by atoms with E-state index in [0.29, 0.717) is 0 Å². The lowest BCUT2D eigenvalue weighted by atomic mass is 10.1. The van der Waals surface area contributed by atoms with E-state index in [4.69, 9.17) is 0 Å². The van der Waals surface area contributed by atoms with Crippen LogP contribution in [0.5, 0.6) is 0 Å². The third-order valence-electron chi connectivity index (χ3n) is 2.99. The van der Waals surface area contributed by atoms with E-state index in [2.05, 4.69) is 61.5 Å². The van der Waals surface area contributed by atoms with Gasteiger partial charge in [0.1, 0.15) is 0 Å². The van der Waals surface area contributed by atoms with Gasteiger partial charge in [-0.1, -0.05) is 48.5 Å². The van der Waals surface area contributed by atoms with Crippen LogP contribution >= 0.6 is 0 Å². The first kappa shape index (κ1) is 8.49. The fourth-order valence-electron chi connectivity index (χ4n) is 2.19. The van der Waals surface area contributed by atoms with Gasteiger partial charge in [-0.15, -0.1) is 0 Å². The number of hydrogen-bond acceptors (Lipinski definition) is 0. The molecule has 0 N–H and O–H groups in total. The van der Waals surface area contributed by atoms with Crippen LogP contribution in [0.25, 0.3) is 21.9 Å². The van der Waals surface area contributed by atoms with Crippen molar-refractivity contribution in [2.45, 2.75) is 6.92 Å². The molecule has 0 radical (unpaired) electrons. The maximum Gasteiger partial charge on any atom is -0.0103 e. The second kappa shape index (κ2) is 3.09. The first-order chi connectivity index (χ1) is 7.36. The Morgan fingerprint density at radius 3 is 2.40 bits per heavy atom. The van der Waals surface area contributed by atoms with Gasteiger partial charge >= 0.3 is 0 Å². The summed E-state index contributed by atoms with van der Waals surface area (Å²) < 4.78 is 0. The fraction of sp³-hybridized carbons (Fsp3) is 0.0667. The van der Waals surface area contributed by atoms with Crippen LogP contribution in [-0.4, -0.2) is 0 Å². The molecule has 0 saturated carbocycles. The summed E-state index contributed by atoms with van der Waals surface area (Å²) >= 11 is 0. The molecule has 2 aliphatic carbocycles. The van der Waals surface area contributed by atoms with E-state index in [0.717, 1.165) is 0 Å². The summed E-state index contributed by atoms with van der Waals surface area (Å²) in [5, 5.41) is 2.69. The SMILES string of the molecule is Cc1ccccc2c3ccccc3cc1-2. The van der Waals surface area contributed by atoms with Crippen molar-refractivity contribution in [3.05, 3.63) is 60.2 Å². The van der Waals surface area contributed by atoms with Crippen molar-refractivity contribution in [1.82, 2.24) is 0 Å². The average molecular weight is 192 g/mol. The lowest BCUT2D eigenvalue weighted by Crippen LogP contribution is -1.71. The average Bonchev–Trinajstić information content (AvgIpc) is 2.54. The Hall–Kier alpha value is -1.82. The minimum absolute atomic E-state index is 1.34. The highest BCUT2D eigenvalue weighted by molar-refractivity contribution is 6.02. The Kier molecular flexibility index (Phi) is 1.75. The van der Waals surface area contributed by atoms with Crippen LogP contribution in [0.4, 0.5) is 0 Å². The number of benzene rings is 1. The van der Waals surface area contributed by atoms with Gasteiger partial charge in [-0.25, -0.2) is 0 Å². The summed E-state index contributed by atoms with van der Waals surface area (Å²) in [7, 11) is 0. The fourth-order valence-corrected chi connectivity index (χ4v) is 2.19. The topological polar surface area (TPSA) is 0 Å². The number of fused-ring (bicyclic) bond motifs is 3. The van der Waals surface area contributed by atoms with Crippen molar-refractivity contribution in [1.29, 1.82) is 0 Å². The third-order valence-corrected chi connectivity index (χ3v) is 2.99. The lowest BCUT2D eigenvalue weighted by molar-refractivity contribution is 1.52. The smallest absolute Gasteiger partial charge is 0.0103 e. The van der Waals surface area contributed by atoms with Gasteiger partial charge in [0.2, 0.25) is 0 Å². The van der Waals surface area contributed by atoms with Crippen LogP contribution in [0.3, 0.4) is 0 Å². The zero-order valence-corrected chi connectivity index (χ0v) is 8.70. The zero-order valence-electron chi connectivity index (χ0n) is 8.70. The normalized spacial score (nSPS) is 11.0. The van der Waals surface area contributed by atoms with Crippen molar-refractivity contribution in [2.75, 3.05) is 0 Å². The zero-order chi connectivity index (χ0) is 10.3. The van der Waals surface area contributed by atoms with E-state index < -0.39 is 0 Å². The largest absolute Gasteiger partial charge is 0.0620 e. The van der Waals surface area contributed by atoms with Crippen molar-refractivity contribution >= 4 is 10.8 Å². The number of hydrogen-bond donors (Lipinski definition) is 0. The Morgan fingerprint density at radius 2 is 1.47 bits per heavy atom. The van der Waals surface area contributed by atoms with Gasteiger partial charge in [0.25, 0.3) is 0 Å². The predicted octanol–water partition coefficient (Wildman–Crippen LogP) is 4.25. The van der Waals surface area contributed by atoms with Crippen molar-refractivity contribution in [3.63, 3.8) is 0 Å². The number of rotatable bonds is 0. The molecule has 0 aliphatic heterocycles. The van der Waals surface area contributed by atoms with Crippen LogP contribution in [0.2, 0.25) is 0 Å². The molecular formula is C15H12. The monoisotopic (exact) mass is 192 g/mol. The molecule has 0 spiro atoms. The van der Waals surface area contributed by atoms with Crippen LogP contribution in [-0.2, 0) is 0 Å². The van der Waals surface area contributed by atoms with E-state index in [1.165, 1.54) is 27.5 Å². The molecule has 1 aromatic carbocycles. The molecule has 0 fully saturated rings. The van der Waals surface area contributed by atoms with Gasteiger partial charge < -0.3 is 0 Å². The van der Waals surface area contributed by atoms with Crippen molar-refractivity contribution in [3.8, 4) is 11.1 Å². The summed E-state index contributed by atoms with van der Waals surface area (Å²) in [4.78, 5) is 0. The molecule has 15 heavy (non-hydrogen) atoms. The molecule has 2 aliphatic rings. The van der Waals surface area contributed by atoms with Crippen LogP contribution < -0.4 is 0 Å². The van der Waals surface area contributed by atoms with Gasteiger partial charge in [-0.3, -0.25) is 0 Å². The predicted molar refractivity (Wildman–Crippen MR) is 65.3 cm³/mol. The van der Waals surface area contributed by atoms with E-state index in [9.17, 15) is 0 Å². The Morgan fingerprint density at radius 1 is 0.733 bits per heavy atom. The molecule has 72 valence electrons. The number of aryl methyl sites for hydroxylation is 1. The molecular weight excluding hydrogens is 180 g/mol. The standard InChI is InChI=1S/C15H12/c1-11-6-2-4-9-14-13-8-5-3-7-12(13)10-15(11)14/h2-10H,1H3. The quantitative estimate of drug-likeness (QED) is 0.499. The molecule has 0 unspecified atom stereocenters. The van der Waals surface area contributed by atoms with Gasteiger partial charge in [0, 0.05) is 0 Å². The van der Waals surface area contributed by atoms with E-state index in [-0.39, 0.29) is 0 Å². The second-order valence-corrected chi connectivity index (χ2v) is 3.96. The summed E-state index contributed by atoms with van der Waals surface area (Å²) in [6.45, 7) is 2.17. The van der Waals surface area contributed by atoms with Gasteiger partial charge in [0.15, 0.2) is 0 Å². The Balaban J connectivity index is 2.53. The van der Waals surface area contributed by atoms with Crippen LogP contribution in [0, 0.1) is 6.92 Å². The maximum atomic E-state index is 2.28. The first-order valence-electron chi connectivity index (χ1n) is 5.23. The minimum Gasteiger partial charge on any atom is -0.0620 e. The Bertz CT molecular complexity index is 593. The van der Waals surface area contributed by atoms with Crippen LogP contribution in [0.15, 0.2) is 54.6 Å². The molecule has 0 amide bonds. The molecule has 0 saturated heterocycles. The third kappa shape index (κ3) is 1.22. The van der Waals surface area contributed by atoms with Crippen molar-refractivity contribution in [2.24, 2.45) is 0 Å². The summed E-state index contributed by atoms with van der Waals surface area (Å²) in [6.07, 6.45) is 0. The molecule has 0 nitrogen and oxygen atoms in total. The summed E-state index contributed by atoms with van der Waals surface area (Å²) in [5.41, 5.74) is 4.06. The molecule has 0 bridgehead atoms. The van der Waals surface area contributed by atoms with Gasteiger partial charge in [-0.05, 0) is 40.5 Å². The van der Waals surface area contributed by atoms with Gasteiger partial charge in [-0.2, -0.15) is 0 Å². The molecule has 0 heterocycles. The highest BCUT2D eigenvalue weighted by Gasteiger charge is 2.08. The molecule has 1 aromatic rings. The molecule has 0 heteroatoms. The van der Waals surface area contributed by atoms with Gasteiger partial charge in [0.05, 0.1) is 0 Å². The highest BCUT2D eigenvalue weighted by atomic mass is 14.1. The van der Waals surface area contributed by atoms with Crippen molar-refractivity contribution < 1.29 is 0 Å². The first-order valence-corrected chi connectivity index (χ1v) is 5.23.